The maximum Gasteiger partial charge on any atom is 0.418 e. The lowest BCUT2D eigenvalue weighted by molar-refractivity contribution is -0.137. The number of halogens is 3. The minimum atomic E-state index is -4.36. The molecule has 0 aliphatic heterocycles. The summed E-state index contributed by atoms with van der Waals surface area (Å²) in [5.74, 6) is 0. The van der Waals surface area contributed by atoms with E-state index in [1.807, 2.05) is 0 Å². The van der Waals surface area contributed by atoms with Crippen LogP contribution >= 0.6 is 0 Å². The second kappa shape index (κ2) is 7.35. The molecule has 0 aromatic heterocycles. The molecule has 3 nitrogen and oxygen atoms in total. The van der Waals surface area contributed by atoms with Gasteiger partial charge >= 0.3 is 6.18 Å². The number of benzene rings is 1. The summed E-state index contributed by atoms with van der Waals surface area (Å²) in [6, 6.07) is 5.57. The van der Waals surface area contributed by atoms with Gasteiger partial charge in [0.05, 0.1) is 12.2 Å². The van der Waals surface area contributed by atoms with Crippen LogP contribution < -0.4 is 10.6 Å². The molecule has 2 N–H and O–H groups in total. The van der Waals surface area contributed by atoms with Crippen molar-refractivity contribution in [1.29, 1.82) is 0 Å². The summed E-state index contributed by atoms with van der Waals surface area (Å²) in [6.45, 7) is 1.70. The zero-order valence-electron chi connectivity index (χ0n) is 10.9. The number of nitrogens with two attached hydrogens (primary N) is 1. The van der Waals surface area contributed by atoms with Crippen molar-refractivity contribution in [2.75, 3.05) is 38.3 Å². The third-order valence-electron chi connectivity index (χ3n) is 2.75. The van der Waals surface area contributed by atoms with Gasteiger partial charge in [-0.05, 0) is 25.1 Å². The quantitative estimate of drug-likeness (QED) is 0.831. The Kier molecular flexibility index (Phi) is 6.11. The Hall–Kier alpha value is -1.27. The number of alkyl halides is 3. The van der Waals surface area contributed by atoms with Crippen LogP contribution in [0.1, 0.15) is 12.0 Å². The fourth-order valence-electron chi connectivity index (χ4n) is 1.83. The van der Waals surface area contributed by atoms with E-state index in [1.165, 1.54) is 19.2 Å². The summed E-state index contributed by atoms with van der Waals surface area (Å²) in [5, 5.41) is 0. The molecule has 0 aliphatic rings. The lowest BCUT2D eigenvalue weighted by Gasteiger charge is -2.27. The van der Waals surface area contributed by atoms with Gasteiger partial charge in [-0.2, -0.15) is 13.2 Å². The number of nitrogens with zero attached hydrogens (tertiary/aromatic N) is 1. The Morgan fingerprint density at radius 3 is 2.47 bits per heavy atom. The van der Waals surface area contributed by atoms with Crippen molar-refractivity contribution in [1.82, 2.24) is 0 Å². The van der Waals surface area contributed by atoms with Crippen LogP contribution in [0.2, 0.25) is 0 Å². The molecule has 0 atom stereocenters. The summed E-state index contributed by atoms with van der Waals surface area (Å²) < 4.78 is 43.9. The zero-order valence-corrected chi connectivity index (χ0v) is 10.9. The molecule has 1 aromatic carbocycles. The van der Waals surface area contributed by atoms with Crippen LogP contribution in [0.25, 0.3) is 0 Å². The van der Waals surface area contributed by atoms with E-state index in [1.54, 1.807) is 11.0 Å². The van der Waals surface area contributed by atoms with Gasteiger partial charge in [-0.3, -0.25) is 0 Å². The number of rotatable bonds is 7. The lowest BCUT2D eigenvalue weighted by atomic mass is 10.1. The van der Waals surface area contributed by atoms with Crippen molar-refractivity contribution in [3.63, 3.8) is 0 Å². The molecule has 1 aromatic rings. The van der Waals surface area contributed by atoms with Gasteiger partial charge in [-0.1, -0.05) is 12.1 Å². The second-order valence-corrected chi connectivity index (χ2v) is 4.14. The van der Waals surface area contributed by atoms with Crippen LogP contribution in [0.4, 0.5) is 18.9 Å². The molecule has 0 heterocycles. The summed E-state index contributed by atoms with van der Waals surface area (Å²) in [5.41, 5.74) is 4.99. The first kappa shape index (κ1) is 15.8. The van der Waals surface area contributed by atoms with E-state index in [2.05, 4.69) is 0 Å². The first-order valence-electron chi connectivity index (χ1n) is 6.11. The predicted molar refractivity (Wildman–Crippen MR) is 69.2 cm³/mol. The average molecular weight is 276 g/mol. The van der Waals surface area contributed by atoms with Crippen LogP contribution in [-0.4, -0.2) is 33.4 Å². The summed E-state index contributed by atoms with van der Waals surface area (Å²) in [4.78, 5) is 1.67. The first-order chi connectivity index (χ1) is 9.00. The standard InChI is InChI=1S/C13H19F3N2O/c1-19-10-9-18(8-4-7-17)12-6-3-2-5-11(12)13(14,15)16/h2-3,5-6H,4,7-10,17H2,1H3. The van der Waals surface area contributed by atoms with Crippen LogP contribution in [0.5, 0.6) is 0 Å². The van der Waals surface area contributed by atoms with Gasteiger partial charge in [0.1, 0.15) is 0 Å². The molecule has 108 valence electrons. The highest BCUT2D eigenvalue weighted by Gasteiger charge is 2.34. The number of hydrogen-bond acceptors (Lipinski definition) is 3. The van der Waals surface area contributed by atoms with E-state index in [-0.39, 0.29) is 5.69 Å². The normalized spacial score (nSPS) is 11.6. The van der Waals surface area contributed by atoms with E-state index in [0.717, 1.165) is 6.07 Å². The zero-order chi connectivity index (χ0) is 14.3. The van der Waals surface area contributed by atoms with Gasteiger partial charge in [0, 0.05) is 25.9 Å². The fraction of sp³-hybridized carbons (Fsp3) is 0.538. The maximum absolute atomic E-state index is 13.0. The van der Waals surface area contributed by atoms with Crippen molar-refractivity contribution in [2.45, 2.75) is 12.6 Å². The fourth-order valence-corrected chi connectivity index (χ4v) is 1.83. The van der Waals surface area contributed by atoms with Crippen molar-refractivity contribution >= 4 is 5.69 Å². The Balaban J connectivity index is 3.00. The van der Waals surface area contributed by atoms with E-state index in [4.69, 9.17) is 10.5 Å². The second-order valence-electron chi connectivity index (χ2n) is 4.14. The monoisotopic (exact) mass is 276 g/mol. The number of hydrogen-bond donors (Lipinski definition) is 1. The summed E-state index contributed by atoms with van der Waals surface area (Å²) in [7, 11) is 1.52. The van der Waals surface area contributed by atoms with E-state index >= 15 is 0 Å². The number of ether oxygens (including phenoxy) is 1. The molecule has 0 aliphatic carbocycles. The Labute approximate surface area is 111 Å². The van der Waals surface area contributed by atoms with Crippen molar-refractivity contribution in [2.24, 2.45) is 5.73 Å². The van der Waals surface area contributed by atoms with Crippen LogP contribution in [0.3, 0.4) is 0 Å². The average Bonchev–Trinajstić information content (AvgIpc) is 2.38. The van der Waals surface area contributed by atoms with Gasteiger partial charge in [0.2, 0.25) is 0 Å². The van der Waals surface area contributed by atoms with Crippen LogP contribution in [0, 0.1) is 0 Å². The molecular formula is C13H19F3N2O. The van der Waals surface area contributed by atoms with E-state index in [9.17, 15) is 13.2 Å². The van der Waals surface area contributed by atoms with Crippen molar-refractivity contribution in [3.8, 4) is 0 Å². The first-order valence-corrected chi connectivity index (χ1v) is 6.11. The number of para-hydroxylation sites is 1. The lowest BCUT2D eigenvalue weighted by Crippen LogP contribution is -2.31. The molecule has 1 rings (SSSR count). The van der Waals surface area contributed by atoms with Gasteiger partial charge in [-0.25, -0.2) is 0 Å². The Morgan fingerprint density at radius 1 is 1.21 bits per heavy atom. The molecule has 0 amide bonds. The summed E-state index contributed by atoms with van der Waals surface area (Å²) in [6.07, 6.45) is -3.72. The minimum absolute atomic E-state index is 0.181. The largest absolute Gasteiger partial charge is 0.418 e. The van der Waals surface area contributed by atoms with Crippen LogP contribution in [0.15, 0.2) is 24.3 Å². The highest BCUT2D eigenvalue weighted by atomic mass is 19.4. The highest BCUT2D eigenvalue weighted by molar-refractivity contribution is 5.55. The molecule has 0 bridgehead atoms. The molecule has 0 radical (unpaired) electrons. The van der Waals surface area contributed by atoms with Gasteiger partial charge in [-0.15, -0.1) is 0 Å². The Bertz CT molecular complexity index is 374. The third-order valence-corrected chi connectivity index (χ3v) is 2.75. The molecule has 6 heteroatoms. The number of methoxy groups -OCH3 is 1. The van der Waals surface area contributed by atoms with E-state index in [0.29, 0.717) is 32.7 Å². The summed E-state index contributed by atoms with van der Waals surface area (Å²) >= 11 is 0. The highest BCUT2D eigenvalue weighted by Crippen LogP contribution is 2.36. The smallest absolute Gasteiger partial charge is 0.383 e. The van der Waals surface area contributed by atoms with Gasteiger partial charge in [0.15, 0.2) is 0 Å². The van der Waals surface area contributed by atoms with Crippen LogP contribution in [-0.2, 0) is 10.9 Å². The maximum atomic E-state index is 13.0. The predicted octanol–water partition coefficient (Wildman–Crippen LogP) is 2.51. The molecule has 0 saturated carbocycles. The third kappa shape index (κ3) is 4.72. The molecule has 19 heavy (non-hydrogen) atoms. The molecule has 0 fully saturated rings. The van der Waals surface area contributed by atoms with Gasteiger partial charge in [0.25, 0.3) is 0 Å². The van der Waals surface area contributed by atoms with E-state index < -0.39 is 11.7 Å². The van der Waals surface area contributed by atoms with Crippen molar-refractivity contribution < 1.29 is 17.9 Å². The molecule has 0 saturated heterocycles. The molecule has 0 unspecified atom stereocenters. The molecular weight excluding hydrogens is 257 g/mol. The topological polar surface area (TPSA) is 38.5 Å². The molecule has 0 spiro atoms. The Morgan fingerprint density at radius 2 is 1.89 bits per heavy atom. The minimum Gasteiger partial charge on any atom is -0.383 e. The number of anilines is 1. The van der Waals surface area contributed by atoms with Crippen molar-refractivity contribution in [3.05, 3.63) is 29.8 Å². The van der Waals surface area contributed by atoms with Gasteiger partial charge < -0.3 is 15.4 Å². The SMILES string of the molecule is COCCN(CCCN)c1ccccc1C(F)(F)F.